The van der Waals surface area contributed by atoms with Gasteiger partial charge in [-0.15, -0.1) is 0 Å². The van der Waals surface area contributed by atoms with Crippen LogP contribution in [0.15, 0.2) is 91.1 Å². The van der Waals surface area contributed by atoms with E-state index in [9.17, 15) is 19.3 Å². The molecule has 0 aliphatic carbocycles. The predicted molar refractivity (Wildman–Crippen MR) is 128 cm³/mol. The van der Waals surface area contributed by atoms with E-state index in [1.54, 1.807) is 36.1 Å². The fraction of sp³-hybridized carbons (Fsp3) is 0.148. The van der Waals surface area contributed by atoms with Gasteiger partial charge >= 0.3 is 0 Å². The lowest BCUT2D eigenvalue weighted by atomic mass is 10.1. The van der Waals surface area contributed by atoms with E-state index in [-0.39, 0.29) is 23.0 Å². The van der Waals surface area contributed by atoms with E-state index in [1.165, 1.54) is 18.2 Å². The lowest BCUT2D eigenvalue weighted by Gasteiger charge is -2.24. The van der Waals surface area contributed by atoms with E-state index in [2.05, 4.69) is 0 Å². The van der Waals surface area contributed by atoms with Crippen LogP contribution in [0.3, 0.4) is 0 Å². The zero-order valence-electron chi connectivity index (χ0n) is 18.7. The summed E-state index contributed by atoms with van der Waals surface area (Å²) < 4.78 is 15.3. The highest BCUT2D eigenvalue weighted by Gasteiger charge is 2.21. The molecule has 0 atom stereocenters. The Morgan fingerprint density at radius 1 is 0.941 bits per heavy atom. The van der Waals surface area contributed by atoms with E-state index >= 15 is 0 Å². The maximum absolute atomic E-state index is 13.5. The molecule has 1 heterocycles. The number of nitro benzene ring substituents is 1. The summed E-state index contributed by atoms with van der Waals surface area (Å²) in [4.78, 5) is 26.1. The van der Waals surface area contributed by atoms with Gasteiger partial charge in [-0.05, 0) is 48.4 Å². The van der Waals surface area contributed by atoms with Crippen molar-refractivity contribution in [2.24, 2.45) is 0 Å². The van der Waals surface area contributed by atoms with Crippen molar-refractivity contribution in [1.29, 1.82) is 0 Å². The number of rotatable bonds is 8. The fourth-order valence-electron chi connectivity index (χ4n) is 3.85. The largest absolute Gasteiger partial charge is 0.345 e. The maximum atomic E-state index is 13.5. The van der Waals surface area contributed by atoms with Gasteiger partial charge in [-0.1, -0.05) is 48.5 Å². The summed E-state index contributed by atoms with van der Waals surface area (Å²) in [6.45, 7) is 2.84. The Morgan fingerprint density at radius 3 is 2.38 bits per heavy atom. The van der Waals surface area contributed by atoms with Crippen LogP contribution in [-0.2, 0) is 19.6 Å². The van der Waals surface area contributed by atoms with Crippen molar-refractivity contribution < 1.29 is 14.1 Å². The van der Waals surface area contributed by atoms with E-state index in [1.807, 2.05) is 53.2 Å². The zero-order valence-corrected chi connectivity index (χ0v) is 18.7. The molecule has 4 aromatic rings. The maximum Gasteiger partial charge on any atom is 0.273 e. The SMILES string of the molecule is Cc1ccc(C(=O)N(Cc2ccccc2)Cc2cccn2Cc2ccc(F)cc2)cc1[N+](=O)[O-]. The summed E-state index contributed by atoms with van der Waals surface area (Å²) >= 11 is 0. The summed E-state index contributed by atoms with van der Waals surface area (Å²) in [5, 5.41) is 11.4. The Bertz CT molecular complexity index is 1300. The van der Waals surface area contributed by atoms with Gasteiger partial charge in [0.2, 0.25) is 0 Å². The number of halogens is 1. The number of hydrogen-bond acceptors (Lipinski definition) is 3. The first kappa shape index (κ1) is 22.9. The summed E-state index contributed by atoms with van der Waals surface area (Å²) in [5.74, 6) is -0.579. The van der Waals surface area contributed by atoms with Gasteiger partial charge in [0.05, 0.1) is 11.5 Å². The highest BCUT2D eigenvalue weighted by atomic mass is 19.1. The van der Waals surface area contributed by atoms with Crippen LogP contribution >= 0.6 is 0 Å². The van der Waals surface area contributed by atoms with E-state index < -0.39 is 4.92 Å². The lowest BCUT2D eigenvalue weighted by molar-refractivity contribution is -0.385. The third-order valence-corrected chi connectivity index (χ3v) is 5.70. The fourth-order valence-corrected chi connectivity index (χ4v) is 3.85. The first-order valence-corrected chi connectivity index (χ1v) is 10.9. The highest BCUT2D eigenvalue weighted by Crippen LogP contribution is 2.22. The predicted octanol–water partition coefficient (Wildman–Crippen LogP) is 5.73. The van der Waals surface area contributed by atoms with Crippen LogP contribution in [0.2, 0.25) is 0 Å². The van der Waals surface area contributed by atoms with Crippen LogP contribution in [0.1, 0.15) is 32.7 Å². The third kappa shape index (κ3) is 5.38. The van der Waals surface area contributed by atoms with Crippen molar-refractivity contribution in [3.8, 4) is 0 Å². The third-order valence-electron chi connectivity index (χ3n) is 5.70. The number of nitro groups is 1. The molecule has 0 saturated heterocycles. The number of nitrogens with zero attached hydrogens (tertiary/aromatic N) is 3. The van der Waals surface area contributed by atoms with E-state index in [4.69, 9.17) is 0 Å². The van der Waals surface area contributed by atoms with Gasteiger partial charge in [0.1, 0.15) is 5.82 Å². The monoisotopic (exact) mass is 457 g/mol. The first-order valence-electron chi connectivity index (χ1n) is 10.9. The molecule has 0 saturated carbocycles. The Labute approximate surface area is 197 Å². The minimum Gasteiger partial charge on any atom is -0.345 e. The van der Waals surface area contributed by atoms with Crippen LogP contribution < -0.4 is 0 Å². The van der Waals surface area contributed by atoms with Crippen LogP contribution in [0.4, 0.5) is 10.1 Å². The van der Waals surface area contributed by atoms with Gasteiger partial charge in [-0.3, -0.25) is 14.9 Å². The van der Waals surface area contributed by atoms with Crippen LogP contribution in [-0.4, -0.2) is 20.3 Å². The summed E-state index contributed by atoms with van der Waals surface area (Å²) in [7, 11) is 0. The molecule has 4 rings (SSSR count). The van der Waals surface area contributed by atoms with Crippen LogP contribution in [0.25, 0.3) is 0 Å². The molecule has 0 spiro atoms. The topological polar surface area (TPSA) is 68.4 Å². The molecule has 7 heteroatoms. The second-order valence-corrected chi connectivity index (χ2v) is 8.16. The Kier molecular flexibility index (Phi) is 6.82. The number of amides is 1. The molecular weight excluding hydrogens is 433 g/mol. The lowest BCUT2D eigenvalue weighted by Crippen LogP contribution is -2.31. The summed E-state index contributed by atoms with van der Waals surface area (Å²) in [6, 6.07) is 24.3. The van der Waals surface area contributed by atoms with E-state index in [0.717, 1.165) is 16.8 Å². The molecule has 0 bridgehead atoms. The van der Waals surface area contributed by atoms with Crippen LogP contribution in [0, 0.1) is 22.9 Å². The molecule has 0 aliphatic rings. The number of carbonyl (C=O) groups is 1. The summed E-state index contributed by atoms with van der Waals surface area (Å²) in [6.07, 6.45) is 1.92. The van der Waals surface area contributed by atoms with Crippen molar-refractivity contribution >= 4 is 11.6 Å². The number of carbonyl (C=O) groups excluding carboxylic acids is 1. The molecule has 0 unspecified atom stereocenters. The van der Waals surface area contributed by atoms with Gasteiger partial charge in [-0.25, -0.2) is 4.39 Å². The standard InChI is InChI=1S/C27H24FN3O3/c1-20-9-12-23(16-26(20)31(33)34)27(32)30(18-21-6-3-2-4-7-21)19-25-8-5-15-29(25)17-22-10-13-24(28)14-11-22/h2-16H,17-19H2,1H3. The quantitative estimate of drug-likeness (QED) is 0.250. The molecule has 34 heavy (non-hydrogen) atoms. The smallest absolute Gasteiger partial charge is 0.273 e. The Morgan fingerprint density at radius 2 is 1.68 bits per heavy atom. The minimum atomic E-state index is -0.471. The number of benzene rings is 3. The van der Waals surface area contributed by atoms with Gasteiger partial charge in [-0.2, -0.15) is 0 Å². The molecule has 0 aliphatic heterocycles. The second kappa shape index (κ2) is 10.1. The minimum absolute atomic E-state index is 0.0785. The number of aryl methyl sites for hydroxylation is 1. The zero-order chi connectivity index (χ0) is 24.1. The van der Waals surface area contributed by atoms with Crippen LogP contribution in [0.5, 0.6) is 0 Å². The molecule has 6 nitrogen and oxygen atoms in total. The van der Waals surface area contributed by atoms with Gasteiger partial charge < -0.3 is 9.47 Å². The number of aromatic nitrogens is 1. The second-order valence-electron chi connectivity index (χ2n) is 8.16. The highest BCUT2D eigenvalue weighted by molar-refractivity contribution is 5.95. The first-order chi connectivity index (χ1) is 16.4. The van der Waals surface area contributed by atoms with E-state index in [0.29, 0.717) is 25.2 Å². The molecule has 0 N–H and O–H groups in total. The molecule has 1 aromatic heterocycles. The summed E-state index contributed by atoms with van der Waals surface area (Å²) in [5.41, 5.74) is 3.48. The molecule has 172 valence electrons. The normalized spacial score (nSPS) is 10.8. The average molecular weight is 458 g/mol. The van der Waals surface area contributed by atoms with Crippen molar-refractivity contribution in [2.75, 3.05) is 0 Å². The number of hydrogen-bond donors (Lipinski definition) is 0. The van der Waals surface area contributed by atoms with Crippen molar-refractivity contribution in [2.45, 2.75) is 26.6 Å². The van der Waals surface area contributed by atoms with Gasteiger partial charge in [0, 0.05) is 42.2 Å². The molecule has 0 fully saturated rings. The van der Waals surface area contributed by atoms with Gasteiger partial charge in [0.15, 0.2) is 0 Å². The van der Waals surface area contributed by atoms with Crippen molar-refractivity contribution in [3.63, 3.8) is 0 Å². The average Bonchev–Trinajstić information content (AvgIpc) is 3.27. The Hall–Kier alpha value is -4.26. The van der Waals surface area contributed by atoms with Gasteiger partial charge in [0.25, 0.3) is 11.6 Å². The molecule has 3 aromatic carbocycles. The van der Waals surface area contributed by atoms with Crippen molar-refractivity contribution in [1.82, 2.24) is 9.47 Å². The molecule has 1 amide bonds. The molecular formula is C27H24FN3O3. The molecule has 0 radical (unpaired) electrons. The Balaban J connectivity index is 1.63. The van der Waals surface area contributed by atoms with Crippen molar-refractivity contribution in [3.05, 3.63) is 135 Å².